The highest BCUT2D eigenvalue weighted by Gasteiger charge is 2.06. The summed E-state index contributed by atoms with van der Waals surface area (Å²) >= 11 is 0. The first kappa shape index (κ1) is 9.90. The van der Waals surface area contributed by atoms with Crippen molar-refractivity contribution in [3.8, 4) is 5.75 Å². The normalized spacial score (nSPS) is 10.9. The van der Waals surface area contributed by atoms with Gasteiger partial charge in [-0.25, -0.2) is 4.98 Å². The number of anilines is 1. The quantitative estimate of drug-likeness (QED) is 0.510. The van der Waals surface area contributed by atoms with Crippen LogP contribution in [0.4, 0.5) is 5.69 Å². The number of nitrogens with two attached hydrogens (primary N) is 1. The Labute approximate surface area is 98.8 Å². The number of rotatable bonds is 1. The second kappa shape index (κ2) is 3.63. The van der Waals surface area contributed by atoms with Gasteiger partial charge in [0.2, 0.25) is 0 Å². The Morgan fingerprint density at radius 2 is 1.88 bits per heavy atom. The van der Waals surface area contributed by atoms with Gasteiger partial charge in [-0.3, -0.25) is 0 Å². The lowest BCUT2D eigenvalue weighted by atomic mass is 10.1. The van der Waals surface area contributed by atoms with Gasteiger partial charge in [0, 0.05) is 10.8 Å². The molecule has 0 radical (unpaired) electrons. The summed E-state index contributed by atoms with van der Waals surface area (Å²) in [5, 5.41) is 2.02. The zero-order valence-electron chi connectivity index (χ0n) is 9.47. The number of fused-ring (bicyclic) bond motifs is 2. The van der Waals surface area contributed by atoms with Crippen molar-refractivity contribution in [2.24, 2.45) is 0 Å². The minimum absolute atomic E-state index is 0.642. The minimum atomic E-state index is 0.642. The summed E-state index contributed by atoms with van der Waals surface area (Å²) in [6.45, 7) is 0. The van der Waals surface area contributed by atoms with E-state index in [1.807, 2.05) is 36.4 Å². The molecule has 0 aliphatic rings. The smallest absolute Gasteiger partial charge is 0.142 e. The highest BCUT2D eigenvalue weighted by atomic mass is 16.5. The van der Waals surface area contributed by atoms with Crippen LogP contribution in [0.5, 0.6) is 5.75 Å². The van der Waals surface area contributed by atoms with Gasteiger partial charge in [0.25, 0.3) is 0 Å². The highest BCUT2D eigenvalue weighted by molar-refractivity contribution is 6.00. The van der Waals surface area contributed by atoms with Crippen molar-refractivity contribution in [1.82, 2.24) is 4.98 Å². The Kier molecular flexibility index (Phi) is 2.11. The van der Waals surface area contributed by atoms with Gasteiger partial charge in [0.15, 0.2) is 0 Å². The predicted molar refractivity (Wildman–Crippen MR) is 70.2 cm³/mol. The zero-order valence-corrected chi connectivity index (χ0v) is 9.47. The van der Waals surface area contributed by atoms with Gasteiger partial charge >= 0.3 is 0 Å². The molecule has 0 atom stereocenters. The molecule has 3 heteroatoms. The van der Waals surface area contributed by atoms with Crippen molar-refractivity contribution in [1.29, 1.82) is 0 Å². The fraction of sp³-hybridized carbons (Fsp3) is 0.0714. The van der Waals surface area contributed by atoms with Crippen molar-refractivity contribution in [2.75, 3.05) is 12.8 Å². The topological polar surface area (TPSA) is 48.1 Å². The summed E-state index contributed by atoms with van der Waals surface area (Å²) in [5.41, 5.74) is 8.56. The number of methoxy groups -OCH3 is 1. The lowest BCUT2D eigenvalue weighted by molar-refractivity contribution is 0.417. The van der Waals surface area contributed by atoms with E-state index in [1.165, 1.54) is 0 Å². The van der Waals surface area contributed by atoms with E-state index in [-0.39, 0.29) is 0 Å². The maximum absolute atomic E-state index is 6.06. The molecule has 0 fully saturated rings. The second-order valence-corrected chi connectivity index (χ2v) is 3.93. The van der Waals surface area contributed by atoms with Gasteiger partial charge in [0.1, 0.15) is 5.75 Å². The molecule has 1 heterocycles. The number of aromatic nitrogens is 1. The Balaban J connectivity index is 2.44. The summed E-state index contributed by atoms with van der Waals surface area (Å²) < 4.78 is 5.21. The first-order valence-electron chi connectivity index (χ1n) is 5.41. The largest absolute Gasteiger partial charge is 0.495 e. The molecule has 2 N–H and O–H groups in total. The molecule has 2 aromatic carbocycles. The maximum Gasteiger partial charge on any atom is 0.142 e. The molecule has 0 aliphatic carbocycles. The van der Waals surface area contributed by atoms with E-state index >= 15 is 0 Å². The molecule has 0 unspecified atom stereocenters. The van der Waals surface area contributed by atoms with Crippen molar-refractivity contribution >= 4 is 27.5 Å². The van der Waals surface area contributed by atoms with Crippen LogP contribution in [0.3, 0.4) is 0 Å². The molecule has 3 rings (SSSR count). The second-order valence-electron chi connectivity index (χ2n) is 3.93. The molecule has 0 spiro atoms. The van der Waals surface area contributed by atoms with Gasteiger partial charge in [0.05, 0.1) is 23.8 Å². The monoisotopic (exact) mass is 224 g/mol. The molecular weight excluding hydrogens is 212 g/mol. The average molecular weight is 224 g/mol. The summed E-state index contributed by atoms with van der Waals surface area (Å²) in [6.07, 6.45) is 0. The summed E-state index contributed by atoms with van der Waals surface area (Å²) in [6, 6.07) is 13.8. The predicted octanol–water partition coefficient (Wildman–Crippen LogP) is 2.98. The molecule has 1 aromatic heterocycles. The molecule has 3 nitrogen and oxygen atoms in total. The summed E-state index contributed by atoms with van der Waals surface area (Å²) in [7, 11) is 1.62. The van der Waals surface area contributed by atoms with E-state index in [0.717, 1.165) is 21.8 Å². The number of pyridine rings is 1. The summed E-state index contributed by atoms with van der Waals surface area (Å²) in [5.74, 6) is 0.689. The standard InChI is InChI=1S/C14H12N2O/c1-17-13-7-6-12-10(14(13)15)8-9-4-2-3-5-11(9)16-12/h2-8H,15H2,1H3. The van der Waals surface area contributed by atoms with Crippen LogP contribution < -0.4 is 10.5 Å². The van der Waals surface area contributed by atoms with Crippen molar-refractivity contribution in [3.63, 3.8) is 0 Å². The van der Waals surface area contributed by atoms with Gasteiger partial charge < -0.3 is 10.5 Å². The third kappa shape index (κ3) is 1.47. The van der Waals surface area contributed by atoms with Crippen molar-refractivity contribution < 1.29 is 4.74 Å². The van der Waals surface area contributed by atoms with Crippen LogP contribution in [-0.4, -0.2) is 12.1 Å². The maximum atomic E-state index is 6.06. The van der Waals surface area contributed by atoms with Crippen LogP contribution in [0.15, 0.2) is 42.5 Å². The zero-order chi connectivity index (χ0) is 11.8. The van der Waals surface area contributed by atoms with Gasteiger partial charge in [-0.15, -0.1) is 0 Å². The highest BCUT2D eigenvalue weighted by Crippen LogP contribution is 2.31. The lowest BCUT2D eigenvalue weighted by Crippen LogP contribution is -1.94. The van der Waals surface area contributed by atoms with Crippen molar-refractivity contribution in [3.05, 3.63) is 42.5 Å². The Morgan fingerprint density at radius 1 is 1.06 bits per heavy atom. The van der Waals surface area contributed by atoms with Gasteiger partial charge in [-0.05, 0) is 24.3 Å². The number of benzene rings is 2. The van der Waals surface area contributed by atoms with E-state index in [1.54, 1.807) is 7.11 Å². The number of nitrogen functional groups attached to an aromatic ring is 1. The van der Waals surface area contributed by atoms with Crippen LogP contribution in [0.2, 0.25) is 0 Å². The van der Waals surface area contributed by atoms with E-state index in [4.69, 9.17) is 10.5 Å². The SMILES string of the molecule is COc1ccc2nc3ccccc3cc2c1N. The molecule has 0 aliphatic heterocycles. The fourth-order valence-electron chi connectivity index (χ4n) is 2.03. The van der Waals surface area contributed by atoms with Gasteiger partial charge in [-0.1, -0.05) is 18.2 Å². The first-order valence-corrected chi connectivity index (χ1v) is 5.41. The molecule has 17 heavy (non-hydrogen) atoms. The Morgan fingerprint density at radius 3 is 2.71 bits per heavy atom. The van der Waals surface area contributed by atoms with Crippen molar-refractivity contribution in [2.45, 2.75) is 0 Å². The average Bonchev–Trinajstić information content (AvgIpc) is 2.37. The van der Waals surface area contributed by atoms with E-state index in [0.29, 0.717) is 11.4 Å². The van der Waals surface area contributed by atoms with Crippen LogP contribution in [-0.2, 0) is 0 Å². The van der Waals surface area contributed by atoms with Crippen LogP contribution in [0.25, 0.3) is 21.8 Å². The van der Waals surface area contributed by atoms with Crippen LogP contribution in [0.1, 0.15) is 0 Å². The Bertz CT molecular complexity index is 707. The molecule has 0 saturated heterocycles. The Hall–Kier alpha value is -2.29. The third-order valence-electron chi connectivity index (χ3n) is 2.92. The minimum Gasteiger partial charge on any atom is -0.495 e. The first-order chi connectivity index (χ1) is 8.29. The van der Waals surface area contributed by atoms with E-state index < -0.39 is 0 Å². The molecular formula is C14H12N2O. The number of hydrogen-bond acceptors (Lipinski definition) is 3. The van der Waals surface area contributed by atoms with Crippen LogP contribution in [0, 0.1) is 0 Å². The molecule has 0 saturated carbocycles. The van der Waals surface area contributed by atoms with Gasteiger partial charge in [-0.2, -0.15) is 0 Å². The number of ether oxygens (including phenoxy) is 1. The van der Waals surface area contributed by atoms with Crippen LogP contribution >= 0.6 is 0 Å². The van der Waals surface area contributed by atoms with E-state index in [9.17, 15) is 0 Å². The third-order valence-corrected chi connectivity index (χ3v) is 2.92. The number of nitrogens with zero attached hydrogens (tertiary/aromatic N) is 1. The molecule has 84 valence electrons. The number of para-hydroxylation sites is 1. The molecule has 0 amide bonds. The number of hydrogen-bond donors (Lipinski definition) is 1. The molecule has 3 aromatic rings. The summed E-state index contributed by atoms with van der Waals surface area (Å²) in [4.78, 5) is 4.58. The molecule has 0 bridgehead atoms. The van der Waals surface area contributed by atoms with E-state index in [2.05, 4.69) is 11.1 Å². The fourth-order valence-corrected chi connectivity index (χ4v) is 2.03. The lowest BCUT2D eigenvalue weighted by Gasteiger charge is -2.08.